The van der Waals surface area contributed by atoms with Crippen LogP contribution in [0.2, 0.25) is 0 Å². The summed E-state index contributed by atoms with van der Waals surface area (Å²) >= 11 is 0. The van der Waals surface area contributed by atoms with Crippen molar-refractivity contribution in [1.29, 1.82) is 5.53 Å². The number of nitrogens with zero attached hydrogens (tertiary/aromatic N) is 2. The van der Waals surface area contributed by atoms with Crippen molar-refractivity contribution in [2.75, 3.05) is 0 Å². The first-order chi connectivity index (χ1) is 3.35. The van der Waals surface area contributed by atoms with Crippen LogP contribution >= 0.6 is 0 Å². The summed E-state index contributed by atoms with van der Waals surface area (Å²) in [6, 6.07) is 0. The maximum Gasteiger partial charge on any atom is 0.169 e. The Bertz CT molecular complexity index is 84.9. The molecule has 7 heavy (non-hydrogen) atoms. The zero-order valence-corrected chi connectivity index (χ0v) is 4.18. The van der Waals surface area contributed by atoms with E-state index in [2.05, 4.69) is 10.2 Å². The Balaban J connectivity index is 3.60. The Morgan fingerprint density at radius 3 is 2.43 bits per heavy atom. The van der Waals surface area contributed by atoms with Crippen LogP contribution in [0.1, 0.15) is 13.3 Å². The van der Waals surface area contributed by atoms with E-state index in [-0.39, 0.29) is 0 Å². The van der Waals surface area contributed by atoms with E-state index in [9.17, 15) is 0 Å². The molecule has 0 aliphatic rings. The Morgan fingerprint density at radius 1 is 1.86 bits per heavy atom. The molecule has 0 aromatic heterocycles. The van der Waals surface area contributed by atoms with E-state index in [1.165, 1.54) is 0 Å². The summed E-state index contributed by atoms with van der Waals surface area (Å²) in [6.07, 6.45) is 0.625. The second-order valence-corrected chi connectivity index (χ2v) is 1.01. The maximum atomic E-state index is 6.37. The van der Waals surface area contributed by atoms with Gasteiger partial charge < -0.3 is 5.84 Å². The molecule has 0 aliphatic heterocycles. The van der Waals surface area contributed by atoms with E-state index in [1.807, 2.05) is 6.92 Å². The van der Waals surface area contributed by atoms with Gasteiger partial charge in [0, 0.05) is 6.42 Å². The van der Waals surface area contributed by atoms with Crippen molar-refractivity contribution in [2.24, 2.45) is 16.1 Å². The molecule has 0 aromatic rings. The first kappa shape index (κ1) is 6.07. The minimum Gasteiger partial charge on any atom is -0.321 e. The standard InChI is InChI=1S/C3H8N4/c1-2-3(6-4)7-5/h4H,2,5H2,1H3/b6-4?,7-3-. The van der Waals surface area contributed by atoms with E-state index in [1.54, 1.807) is 0 Å². The molecule has 0 fully saturated rings. The fraction of sp³-hybridized carbons (Fsp3) is 0.667. The number of nitrogens with one attached hydrogen (secondary N) is 1. The first-order valence-corrected chi connectivity index (χ1v) is 1.99. The third-order valence-corrected chi connectivity index (χ3v) is 0.594. The van der Waals surface area contributed by atoms with Crippen LogP contribution in [0.15, 0.2) is 10.2 Å². The number of hydrazone groups is 1. The van der Waals surface area contributed by atoms with Gasteiger partial charge in [0.2, 0.25) is 0 Å². The Labute approximate surface area is 41.9 Å². The van der Waals surface area contributed by atoms with Gasteiger partial charge in [0.1, 0.15) is 0 Å². The van der Waals surface area contributed by atoms with Gasteiger partial charge in [-0.1, -0.05) is 6.92 Å². The minimum absolute atomic E-state index is 0.375. The highest BCUT2D eigenvalue weighted by Crippen LogP contribution is 1.81. The van der Waals surface area contributed by atoms with Gasteiger partial charge >= 0.3 is 0 Å². The lowest BCUT2D eigenvalue weighted by atomic mass is 10.5. The maximum absolute atomic E-state index is 6.37. The van der Waals surface area contributed by atoms with Gasteiger partial charge in [-0.25, -0.2) is 5.53 Å². The summed E-state index contributed by atoms with van der Waals surface area (Å²) in [5.74, 6) is 5.14. The van der Waals surface area contributed by atoms with Gasteiger partial charge in [-0.2, -0.15) is 5.10 Å². The van der Waals surface area contributed by atoms with Crippen molar-refractivity contribution in [3.8, 4) is 0 Å². The lowest BCUT2D eigenvalue weighted by molar-refractivity contribution is 1.07. The molecular weight excluding hydrogens is 92.1 g/mol. The Kier molecular flexibility index (Phi) is 2.83. The van der Waals surface area contributed by atoms with E-state index >= 15 is 0 Å². The molecule has 0 aromatic carbocycles. The SMILES string of the molecule is CC/C(N=N)=N/N. The highest BCUT2D eigenvalue weighted by Gasteiger charge is 1.84. The number of hydrogen-bond acceptors (Lipinski definition) is 3. The van der Waals surface area contributed by atoms with Crippen LogP contribution in [0.25, 0.3) is 0 Å². The third-order valence-electron chi connectivity index (χ3n) is 0.594. The van der Waals surface area contributed by atoms with Gasteiger partial charge in [0.15, 0.2) is 5.84 Å². The lowest BCUT2D eigenvalue weighted by Crippen LogP contribution is -1.93. The van der Waals surface area contributed by atoms with Gasteiger partial charge in [-0.05, 0) is 0 Å². The average Bonchev–Trinajstić information content (AvgIpc) is 1.72. The van der Waals surface area contributed by atoms with Crippen molar-refractivity contribution in [3.63, 3.8) is 0 Å². The van der Waals surface area contributed by atoms with E-state index < -0.39 is 0 Å². The first-order valence-electron chi connectivity index (χ1n) is 1.99. The topological polar surface area (TPSA) is 74.6 Å². The second-order valence-electron chi connectivity index (χ2n) is 1.01. The highest BCUT2D eigenvalue weighted by atomic mass is 15.2. The summed E-state index contributed by atoms with van der Waals surface area (Å²) in [5, 5.41) is 6.19. The molecule has 40 valence electrons. The van der Waals surface area contributed by atoms with Crippen molar-refractivity contribution in [1.82, 2.24) is 0 Å². The molecule has 0 aliphatic carbocycles. The molecule has 4 nitrogen and oxygen atoms in total. The fourth-order valence-electron chi connectivity index (χ4n) is 0.199. The molecule has 0 spiro atoms. The fourth-order valence-corrected chi connectivity index (χ4v) is 0.199. The van der Waals surface area contributed by atoms with E-state index in [0.717, 1.165) is 0 Å². The summed E-state index contributed by atoms with van der Waals surface area (Å²) in [6.45, 7) is 1.84. The monoisotopic (exact) mass is 100 g/mol. The van der Waals surface area contributed by atoms with E-state index in [0.29, 0.717) is 12.3 Å². The molecule has 0 rings (SSSR count). The Morgan fingerprint density at radius 2 is 2.43 bits per heavy atom. The largest absolute Gasteiger partial charge is 0.321 e. The van der Waals surface area contributed by atoms with Gasteiger partial charge in [0.25, 0.3) is 0 Å². The second kappa shape index (κ2) is 3.27. The van der Waals surface area contributed by atoms with E-state index in [4.69, 9.17) is 11.4 Å². The zero-order chi connectivity index (χ0) is 5.70. The average molecular weight is 100 g/mol. The summed E-state index contributed by atoms with van der Waals surface area (Å²) in [4.78, 5) is 0. The van der Waals surface area contributed by atoms with Gasteiger partial charge in [0.05, 0.1) is 0 Å². The predicted molar refractivity (Wildman–Crippen MR) is 27.1 cm³/mol. The molecule has 0 radical (unpaired) electrons. The Hall–Kier alpha value is -0.930. The molecule has 0 saturated carbocycles. The quantitative estimate of drug-likeness (QED) is 0.164. The lowest BCUT2D eigenvalue weighted by Gasteiger charge is -1.83. The van der Waals surface area contributed by atoms with Crippen molar-refractivity contribution in [2.45, 2.75) is 13.3 Å². The minimum atomic E-state index is 0.375. The molecule has 4 heteroatoms. The van der Waals surface area contributed by atoms with Crippen molar-refractivity contribution < 1.29 is 0 Å². The predicted octanol–water partition coefficient (Wildman–Crippen LogP) is 0.700. The number of amidine groups is 1. The summed E-state index contributed by atoms with van der Waals surface area (Å²) < 4.78 is 0. The molecule has 0 saturated heterocycles. The van der Waals surface area contributed by atoms with Crippen molar-refractivity contribution in [3.05, 3.63) is 0 Å². The number of hydrogen-bond donors (Lipinski definition) is 2. The number of rotatable bonds is 1. The molecule has 3 N–H and O–H groups in total. The summed E-state index contributed by atoms with van der Waals surface area (Å²) in [5.41, 5.74) is 6.37. The van der Waals surface area contributed by atoms with Crippen LogP contribution in [0.5, 0.6) is 0 Å². The van der Waals surface area contributed by atoms with Gasteiger partial charge in [-0.3, -0.25) is 0 Å². The molecule has 0 unspecified atom stereocenters. The van der Waals surface area contributed by atoms with Gasteiger partial charge in [-0.15, -0.1) is 5.11 Å². The zero-order valence-electron chi connectivity index (χ0n) is 4.18. The molecule has 0 heterocycles. The van der Waals surface area contributed by atoms with Crippen LogP contribution in [-0.4, -0.2) is 5.84 Å². The van der Waals surface area contributed by atoms with Crippen LogP contribution in [0.4, 0.5) is 0 Å². The molecule has 0 bridgehead atoms. The summed E-state index contributed by atoms with van der Waals surface area (Å²) in [7, 11) is 0. The van der Waals surface area contributed by atoms with Crippen LogP contribution in [0, 0.1) is 5.53 Å². The molecule has 0 atom stereocenters. The van der Waals surface area contributed by atoms with Crippen LogP contribution < -0.4 is 5.84 Å². The molecular formula is C3H8N4. The van der Waals surface area contributed by atoms with Crippen molar-refractivity contribution >= 4 is 5.84 Å². The molecule has 0 amide bonds. The highest BCUT2D eigenvalue weighted by molar-refractivity contribution is 5.81. The third kappa shape index (κ3) is 1.86. The smallest absolute Gasteiger partial charge is 0.169 e. The normalized spacial score (nSPS) is 11.3. The van der Waals surface area contributed by atoms with Crippen LogP contribution in [0.3, 0.4) is 0 Å². The van der Waals surface area contributed by atoms with Crippen LogP contribution in [-0.2, 0) is 0 Å². The number of nitrogens with two attached hydrogens (primary N) is 1.